The maximum Gasteiger partial charge on any atom is 0.410 e. The van der Waals surface area contributed by atoms with E-state index in [9.17, 15) is 23.2 Å². The average Bonchev–Trinajstić information content (AvgIpc) is 3.52. The number of aromatic nitrogens is 4. The Labute approximate surface area is 290 Å². The Kier molecular flexibility index (Phi) is 12.3. The molecule has 0 radical (unpaired) electrons. The van der Waals surface area contributed by atoms with E-state index in [2.05, 4.69) is 31.5 Å². The summed E-state index contributed by atoms with van der Waals surface area (Å²) < 4.78 is 67.4. The van der Waals surface area contributed by atoms with Crippen LogP contribution in [-0.2, 0) is 10.2 Å². The number of hydrogen-bond acceptors (Lipinski definition) is 11. The lowest BCUT2D eigenvalue weighted by atomic mass is 9.83. The van der Waals surface area contributed by atoms with Crippen LogP contribution >= 0.6 is 0 Å². The van der Waals surface area contributed by atoms with Crippen LogP contribution < -0.4 is 14.8 Å². The van der Waals surface area contributed by atoms with Gasteiger partial charge in [0.05, 0.1) is 30.0 Å². The lowest BCUT2D eigenvalue weighted by molar-refractivity contribution is -0.00382. The van der Waals surface area contributed by atoms with Crippen molar-refractivity contribution in [3.8, 4) is 29.5 Å². The van der Waals surface area contributed by atoms with Crippen LogP contribution in [0.2, 0.25) is 0 Å². The molecular formula is C35H46F3N7O5. The number of piperidine rings is 1. The van der Waals surface area contributed by atoms with Crippen molar-refractivity contribution in [3.05, 3.63) is 47.4 Å². The number of nitriles is 1. The predicted octanol–water partition coefficient (Wildman–Crippen LogP) is 6.54. The van der Waals surface area contributed by atoms with Crippen LogP contribution in [0.4, 0.5) is 18.0 Å². The summed E-state index contributed by atoms with van der Waals surface area (Å²) in [5, 5.41) is 16.3. The molecule has 1 aliphatic rings. The third-order valence-electron chi connectivity index (χ3n) is 8.50. The molecule has 50 heavy (non-hydrogen) atoms. The summed E-state index contributed by atoms with van der Waals surface area (Å²) in [6, 6.07) is 6.74. The minimum absolute atomic E-state index is 0.0459. The molecule has 4 rings (SSSR count). The Bertz CT molecular complexity index is 1640. The third-order valence-corrected chi connectivity index (χ3v) is 8.50. The summed E-state index contributed by atoms with van der Waals surface area (Å²) in [6.07, 6.45) is -1.43. The molecule has 0 aliphatic carbocycles. The molecule has 2 aromatic heterocycles. The highest BCUT2D eigenvalue weighted by molar-refractivity contribution is 5.68. The van der Waals surface area contributed by atoms with E-state index in [1.165, 1.54) is 12.1 Å². The van der Waals surface area contributed by atoms with Gasteiger partial charge in [0.2, 0.25) is 29.3 Å². The number of likely N-dealkylation sites (tertiary alicyclic amines) is 1. The molecule has 1 fully saturated rings. The number of amides is 1. The smallest absolute Gasteiger partial charge is 0.410 e. The second-order valence-electron chi connectivity index (χ2n) is 14.2. The summed E-state index contributed by atoms with van der Waals surface area (Å²) in [6.45, 7) is 12.6. The highest BCUT2D eigenvalue weighted by Gasteiger charge is 2.37. The first-order valence-electron chi connectivity index (χ1n) is 16.7. The van der Waals surface area contributed by atoms with Crippen LogP contribution in [0.15, 0.2) is 28.8 Å². The summed E-state index contributed by atoms with van der Waals surface area (Å²) >= 11 is 0. The van der Waals surface area contributed by atoms with Crippen molar-refractivity contribution < 1.29 is 36.7 Å². The highest BCUT2D eigenvalue weighted by Crippen LogP contribution is 2.35. The fraction of sp³-hybridized carbons (Fsp3) is 0.600. The average molecular weight is 702 g/mol. The first kappa shape index (κ1) is 38.4. The van der Waals surface area contributed by atoms with Gasteiger partial charge in [-0.1, -0.05) is 18.1 Å². The molecule has 3 aromatic rings. The van der Waals surface area contributed by atoms with E-state index >= 15 is 0 Å². The first-order valence-corrected chi connectivity index (χ1v) is 16.7. The lowest BCUT2D eigenvalue weighted by Gasteiger charge is -2.38. The fourth-order valence-corrected chi connectivity index (χ4v) is 5.75. The number of halogens is 3. The van der Waals surface area contributed by atoms with E-state index in [1.54, 1.807) is 53.5 Å². The van der Waals surface area contributed by atoms with Crippen molar-refractivity contribution in [1.29, 1.82) is 5.26 Å². The number of rotatable bonds is 13. The van der Waals surface area contributed by atoms with Crippen LogP contribution in [0.1, 0.15) is 85.6 Å². The standard InChI is InChI=1S/C35H46F3N7O5/c1-20(16-22(36)19-40-8)21(2)47-27-18-28(48-24-13-15-45(23(17-24)12-14-39)33(46)49-34(3,4)5)42-30(41-27)31-43-32(50-44-31)35(6,7)29-25(37)10-9-11-26(29)38/h9-11,18,20-24,40H,12-13,15-17,19H2,1-8H3/t20-,21-,22-,23+,24-/m0/s1. The molecule has 272 valence electrons. The molecule has 0 bridgehead atoms. The molecule has 3 heterocycles. The van der Waals surface area contributed by atoms with Crippen molar-refractivity contribution in [3.63, 3.8) is 0 Å². The maximum atomic E-state index is 14.8. The number of hydrogen-bond donors (Lipinski definition) is 1. The number of carbonyl (C=O) groups excluding carboxylic acids is 1. The van der Waals surface area contributed by atoms with Gasteiger partial charge in [0.25, 0.3) is 0 Å². The number of ether oxygens (including phenoxy) is 3. The largest absolute Gasteiger partial charge is 0.474 e. The minimum Gasteiger partial charge on any atom is -0.474 e. The van der Waals surface area contributed by atoms with Crippen LogP contribution in [0.25, 0.3) is 11.6 Å². The van der Waals surface area contributed by atoms with Gasteiger partial charge in [-0.2, -0.15) is 20.2 Å². The second kappa shape index (κ2) is 16.1. The summed E-state index contributed by atoms with van der Waals surface area (Å²) in [4.78, 5) is 27.9. The summed E-state index contributed by atoms with van der Waals surface area (Å²) in [7, 11) is 1.68. The van der Waals surface area contributed by atoms with Crippen LogP contribution in [0, 0.1) is 28.9 Å². The number of benzene rings is 1. The Balaban J connectivity index is 1.64. The maximum absolute atomic E-state index is 14.8. The number of nitrogens with zero attached hydrogens (tertiary/aromatic N) is 6. The molecule has 1 amide bonds. The monoisotopic (exact) mass is 701 g/mol. The van der Waals surface area contributed by atoms with E-state index < -0.39 is 53.2 Å². The Hall–Kier alpha value is -4.45. The van der Waals surface area contributed by atoms with Crippen molar-refractivity contribution in [2.24, 2.45) is 5.92 Å². The molecule has 1 aromatic carbocycles. The second-order valence-corrected chi connectivity index (χ2v) is 14.2. The van der Waals surface area contributed by atoms with Crippen molar-refractivity contribution >= 4 is 6.09 Å². The van der Waals surface area contributed by atoms with Crippen LogP contribution in [0.3, 0.4) is 0 Å². The first-order chi connectivity index (χ1) is 23.5. The van der Waals surface area contributed by atoms with Crippen molar-refractivity contribution in [2.45, 2.75) is 110 Å². The van der Waals surface area contributed by atoms with E-state index in [4.69, 9.17) is 18.7 Å². The van der Waals surface area contributed by atoms with Gasteiger partial charge in [-0.15, -0.1) is 0 Å². The van der Waals surface area contributed by atoms with Gasteiger partial charge in [0.1, 0.15) is 35.6 Å². The normalized spacial score (nSPS) is 18.6. The molecule has 1 aliphatic heterocycles. The molecule has 1 saturated heterocycles. The zero-order valence-corrected chi connectivity index (χ0v) is 29.8. The van der Waals surface area contributed by atoms with E-state index in [1.807, 2.05) is 6.92 Å². The number of carbonyl (C=O) groups is 1. The topological polar surface area (TPSA) is 149 Å². The molecule has 1 N–H and O–H groups in total. The zero-order valence-electron chi connectivity index (χ0n) is 29.8. The lowest BCUT2D eigenvalue weighted by Crippen LogP contribution is -2.50. The van der Waals surface area contributed by atoms with Crippen LogP contribution in [0.5, 0.6) is 11.8 Å². The third kappa shape index (κ3) is 9.62. The summed E-state index contributed by atoms with van der Waals surface area (Å²) in [5.41, 5.74) is -2.30. The van der Waals surface area contributed by atoms with Crippen molar-refractivity contribution in [2.75, 3.05) is 20.1 Å². The highest BCUT2D eigenvalue weighted by atomic mass is 19.1. The molecule has 0 saturated carbocycles. The molecule has 15 heteroatoms. The van der Waals surface area contributed by atoms with E-state index in [0.29, 0.717) is 12.8 Å². The van der Waals surface area contributed by atoms with E-state index in [0.717, 1.165) is 12.1 Å². The van der Waals surface area contributed by atoms with Gasteiger partial charge < -0.3 is 29.0 Å². The SMILES string of the molecule is CNC[C@@H](F)C[C@H](C)[C@H](C)Oc1cc(O[C@H]2CCN(C(=O)OC(C)(C)C)[C@H](CC#N)C2)nc(-c2noc(C(C)(C)c3c(F)cccc3F)n2)n1. The molecule has 12 nitrogen and oxygen atoms in total. The molecule has 0 unspecified atom stereocenters. The number of alkyl halides is 1. The number of nitrogens with one attached hydrogen (secondary N) is 1. The van der Waals surface area contributed by atoms with Gasteiger partial charge in [0.15, 0.2) is 0 Å². The Morgan fingerprint density at radius 2 is 1.80 bits per heavy atom. The van der Waals surface area contributed by atoms with Gasteiger partial charge in [-0.3, -0.25) is 0 Å². The molecule has 5 atom stereocenters. The Morgan fingerprint density at radius 1 is 1.12 bits per heavy atom. The zero-order chi connectivity index (χ0) is 36.8. The molecule has 0 spiro atoms. The van der Waals surface area contributed by atoms with Gasteiger partial charge in [-0.25, -0.2) is 18.0 Å². The quantitative estimate of drug-likeness (QED) is 0.207. The van der Waals surface area contributed by atoms with Crippen molar-refractivity contribution in [1.82, 2.24) is 30.3 Å². The fourth-order valence-electron chi connectivity index (χ4n) is 5.75. The van der Waals surface area contributed by atoms with Gasteiger partial charge in [0, 0.05) is 31.5 Å². The van der Waals surface area contributed by atoms with Crippen LogP contribution in [-0.4, -0.2) is 81.3 Å². The van der Waals surface area contributed by atoms with E-state index in [-0.39, 0.29) is 66.7 Å². The predicted molar refractivity (Wildman–Crippen MR) is 177 cm³/mol. The van der Waals surface area contributed by atoms with Gasteiger partial charge in [-0.05, 0) is 73.1 Å². The summed E-state index contributed by atoms with van der Waals surface area (Å²) in [5.74, 6) is -1.74. The minimum atomic E-state index is -1.35. The Morgan fingerprint density at radius 3 is 2.44 bits per heavy atom. The molecular weight excluding hydrogens is 655 g/mol. The van der Waals surface area contributed by atoms with Gasteiger partial charge >= 0.3 is 6.09 Å².